The van der Waals surface area contributed by atoms with Crippen LogP contribution in [0.4, 0.5) is 18.9 Å². The van der Waals surface area contributed by atoms with Crippen LogP contribution in [0.1, 0.15) is 34.5 Å². The Labute approximate surface area is 176 Å². The quantitative estimate of drug-likeness (QED) is 0.583. The normalized spacial score (nSPS) is 17.2. The molecule has 10 heteroatoms. The van der Waals surface area contributed by atoms with Gasteiger partial charge in [-0.2, -0.15) is 18.3 Å². The van der Waals surface area contributed by atoms with Crippen molar-refractivity contribution < 1.29 is 27.4 Å². The summed E-state index contributed by atoms with van der Waals surface area (Å²) in [6.45, 7) is 2.61. The topological polar surface area (TPSA) is 69.5 Å². The first-order valence-electron chi connectivity index (χ1n) is 9.81. The Bertz CT molecular complexity index is 1110. The maximum Gasteiger partial charge on any atom is 0.416 e. The number of hydrogen-bond donors (Lipinski definition) is 0. The first-order valence-corrected chi connectivity index (χ1v) is 9.81. The van der Waals surface area contributed by atoms with Crippen molar-refractivity contribution in [3.05, 3.63) is 53.3 Å². The SMILES string of the molecule is CCOC(=O)c1cnc2c(cnn2C)c1N1CCOC(c2ccccc2C(F)(F)F)C1. The van der Waals surface area contributed by atoms with E-state index in [-0.39, 0.29) is 30.9 Å². The molecule has 2 aromatic heterocycles. The third-order valence-electron chi connectivity index (χ3n) is 5.22. The summed E-state index contributed by atoms with van der Waals surface area (Å²) in [5.41, 5.74) is 0.672. The number of ether oxygens (including phenoxy) is 2. The van der Waals surface area contributed by atoms with Gasteiger partial charge in [0, 0.05) is 26.3 Å². The second-order valence-electron chi connectivity index (χ2n) is 7.14. The van der Waals surface area contributed by atoms with Gasteiger partial charge in [0.15, 0.2) is 5.65 Å². The molecule has 0 N–H and O–H groups in total. The van der Waals surface area contributed by atoms with E-state index in [1.54, 1.807) is 30.9 Å². The summed E-state index contributed by atoms with van der Waals surface area (Å²) in [7, 11) is 1.73. The molecule has 164 valence electrons. The maximum atomic E-state index is 13.5. The van der Waals surface area contributed by atoms with Crippen LogP contribution in [-0.2, 0) is 22.7 Å². The van der Waals surface area contributed by atoms with Crippen LogP contribution in [0.15, 0.2) is 36.7 Å². The largest absolute Gasteiger partial charge is 0.462 e. The highest BCUT2D eigenvalue weighted by atomic mass is 19.4. The van der Waals surface area contributed by atoms with E-state index in [1.807, 2.05) is 4.90 Å². The standard InChI is InChI=1S/C21H21F3N4O3/c1-3-30-20(29)15-10-25-19-14(11-26-27(19)2)18(15)28-8-9-31-17(12-28)13-6-4-5-7-16(13)21(22,23)24/h4-7,10-11,17H,3,8-9,12H2,1-2H3. The third-order valence-corrected chi connectivity index (χ3v) is 5.22. The maximum absolute atomic E-state index is 13.5. The number of pyridine rings is 1. The van der Waals surface area contributed by atoms with Crippen LogP contribution in [0.2, 0.25) is 0 Å². The summed E-state index contributed by atoms with van der Waals surface area (Å²) in [5, 5.41) is 4.84. The number of carbonyl (C=O) groups excluding carboxylic acids is 1. The van der Waals surface area contributed by atoms with Crippen molar-refractivity contribution in [1.29, 1.82) is 0 Å². The number of hydrogen-bond acceptors (Lipinski definition) is 6. The van der Waals surface area contributed by atoms with Crippen molar-refractivity contribution in [2.45, 2.75) is 19.2 Å². The van der Waals surface area contributed by atoms with Crippen molar-refractivity contribution in [2.24, 2.45) is 7.05 Å². The molecule has 3 aromatic rings. The minimum atomic E-state index is -4.49. The van der Waals surface area contributed by atoms with Gasteiger partial charge >= 0.3 is 12.1 Å². The molecule has 1 aromatic carbocycles. The minimum absolute atomic E-state index is 0.0638. The predicted octanol–water partition coefficient (Wildman–Crippen LogP) is 3.74. The molecule has 1 saturated heterocycles. The fourth-order valence-corrected chi connectivity index (χ4v) is 3.86. The van der Waals surface area contributed by atoms with E-state index in [0.29, 0.717) is 23.3 Å². The number of morpholine rings is 1. The predicted molar refractivity (Wildman–Crippen MR) is 107 cm³/mol. The van der Waals surface area contributed by atoms with Gasteiger partial charge in [0.25, 0.3) is 0 Å². The van der Waals surface area contributed by atoms with Crippen molar-refractivity contribution >= 4 is 22.7 Å². The van der Waals surface area contributed by atoms with Crippen LogP contribution in [0.25, 0.3) is 11.0 Å². The van der Waals surface area contributed by atoms with Gasteiger partial charge in [-0.15, -0.1) is 0 Å². The Morgan fingerprint density at radius 1 is 1.29 bits per heavy atom. The molecular formula is C21H21F3N4O3. The molecule has 1 unspecified atom stereocenters. The number of carbonyl (C=O) groups is 1. The average Bonchev–Trinajstić information content (AvgIpc) is 3.13. The number of aryl methyl sites for hydroxylation is 1. The van der Waals surface area contributed by atoms with Gasteiger partial charge in [-0.25, -0.2) is 9.78 Å². The van der Waals surface area contributed by atoms with Crippen molar-refractivity contribution in [3.63, 3.8) is 0 Å². The zero-order valence-corrected chi connectivity index (χ0v) is 17.0. The molecule has 0 aliphatic carbocycles. The van der Waals surface area contributed by atoms with E-state index >= 15 is 0 Å². The van der Waals surface area contributed by atoms with Gasteiger partial charge in [-0.1, -0.05) is 18.2 Å². The summed E-state index contributed by atoms with van der Waals surface area (Å²) in [6.07, 6.45) is -2.30. The fourth-order valence-electron chi connectivity index (χ4n) is 3.86. The Hall–Kier alpha value is -3.14. The van der Waals surface area contributed by atoms with Crippen molar-refractivity contribution in [1.82, 2.24) is 14.8 Å². The fraction of sp³-hybridized carbons (Fsp3) is 0.381. The van der Waals surface area contributed by atoms with Crippen molar-refractivity contribution in [2.75, 3.05) is 31.2 Å². The number of nitrogens with zero attached hydrogens (tertiary/aromatic N) is 4. The summed E-state index contributed by atoms with van der Waals surface area (Å²) in [6, 6.07) is 5.39. The molecule has 0 spiro atoms. The molecule has 0 amide bonds. The molecule has 3 heterocycles. The second-order valence-corrected chi connectivity index (χ2v) is 7.14. The number of esters is 1. The Balaban J connectivity index is 1.77. The minimum Gasteiger partial charge on any atom is -0.462 e. The first-order chi connectivity index (χ1) is 14.8. The molecule has 0 radical (unpaired) electrons. The average molecular weight is 434 g/mol. The van der Waals surface area contributed by atoms with E-state index in [1.165, 1.54) is 18.3 Å². The summed E-state index contributed by atoms with van der Waals surface area (Å²) in [5.74, 6) is -0.547. The summed E-state index contributed by atoms with van der Waals surface area (Å²) < 4.78 is 53.1. The van der Waals surface area contributed by atoms with Gasteiger partial charge in [0.05, 0.1) is 36.0 Å². The van der Waals surface area contributed by atoms with Crippen LogP contribution in [-0.4, -0.2) is 47.0 Å². The number of aromatic nitrogens is 3. The van der Waals surface area contributed by atoms with E-state index in [0.717, 1.165) is 6.07 Å². The van der Waals surface area contributed by atoms with E-state index in [2.05, 4.69) is 10.1 Å². The highest BCUT2D eigenvalue weighted by Gasteiger charge is 2.37. The van der Waals surface area contributed by atoms with Crippen molar-refractivity contribution in [3.8, 4) is 0 Å². The van der Waals surface area contributed by atoms with Gasteiger partial charge in [-0.05, 0) is 18.6 Å². The van der Waals surface area contributed by atoms with Gasteiger partial charge in [-0.3, -0.25) is 4.68 Å². The van der Waals surface area contributed by atoms with Gasteiger partial charge < -0.3 is 14.4 Å². The molecule has 0 bridgehead atoms. The van der Waals surface area contributed by atoms with Crippen LogP contribution in [0.3, 0.4) is 0 Å². The lowest BCUT2D eigenvalue weighted by Gasteiger charge is -2.36. The van der Waals surface area contributed by atoms with E-state index in [4.69, 9.17) is 9.47 Å². The van der Waals surface area contributed by atoms with Crippen LogP contribution >= 0.6 is 0 Å². The van der Waals surface area contributed by atoms with Crippen LogP contribution in [0, 0.1) is 0 Å². The molecule has 31 heavy (non-hydrogen) atoms. The third kappa shape index (κ3) is 3.95. The summed E-state index contributed by atoms with van der Waals surface area (Å²) >= 11 is 0. The molecule has 1 atom stereocenters. The number of benzene rings is 1. The van der Waals surface area contributed by atoms with Crippen LogP contribution < -0.4 is 4.90 Å². The molecule has 1 aliphatic heterocycles. The Morgan fingerprint density at radius 3 is 2.81 bits per heavy atom. The number of anilines is 1. The van der Waals surface area contributed by atoms with E-state index < -0.39 is 23.8 Å². The zero-order chi connectivity index (χ0) is 22.2. The second kappa shape index (κ2) is 8.18. The first kappa shape index (κ1) is 21.1. The van der Waals surface area contributed by atoms with Crippen LogP contribution in [0.5, 0.6) is 0 Å². The molecule has 4 rings (SSSR count). The molecule has 0 saturated carbocycles. The molecule has 1 fully saturated rings. The lowest BCUT2D eigenvalue weighted by Crippen LogP contribution is -2.40. The highest BCUT2D eigenvalue weighted by molar-refractivity contribution is 6.04. The lowest BCUT2D eigenvalue weighted by molar-refractivity contribution is -0.139. The number of fused-ring (bicyclic) bond motifs is 1. The lowest BCUT2D eigenvalue weighted by atomic mass is 10.00. The molecular weight excluding hydrogens is 413 g/mol. The summed E-state index contributed by atoms with van der Waals surface area (Å²) in [4.78, 5) is 18.8. The zero-order valence-electron chi connectivity index (χ0n) is 17.0. The molecule has 1 aliphatic rings. The number of rotatable bonds is 4. The monoisotopic (exact) mass is 434 g/mol. The number of alkyl halides is 3. The van der Waals surface area contributed by atoms with Gasteiger partial charge in [0.1, 0.15) is 11.7 Å². The highest BCUT2D eigenvalue weighted by Crippen LogP contribution is 2.38. The van der Waals surface area contributed by atoms with Gasteiger partial charge in [0.2, 0.25) is 0 Å². The Kier molecular flexibility index (Phi) is 5.57. The number of halogens is 3. The smallest absolute Gasteiger partial charge is 0.416 e. The Morgan fingerprint density at radius 2 is 2.06 bits per heavy atom. The molecule has 7 nitrogen and oxygen atoms in total. The van der Waals surface area contributed by atoms with E-state index in [9.17, 15) is 18.0 Å².